The van der Waals surface area contributed by atoms with Crippen molar-refractivity contribution in [2.75, 3.05) is 0 Å². The van der Waals surface area contributed by atoms with Crippen molar-refractivity contribution in [3.05, 3.63) is 51.8 Å². The maximum absolute atomic E-state index is 6.21. The van der Waals surface area contributed by atoms with Crippen molar-refractivity contribution in [2.24, 2.45) is 0 Å². The van der Waals surface area contributed by atoms with Crippen LogP contribution in [0.3, 0.4) is 0 Å². The van der Waals surface area contributed by atoms with Crippen LogP contribution in [0.15, 0.2) is 24.3 Å². The van der Waals surface area contributed by atoms with E-state index < -0.39 is 0 Å². The number of hydrogen-bond donors (Lipinski definition) is 1. The second kappa shape index (κ2) is 5.62. The van der Waals surface area contributed by atoms with Gasteiger partial charge in [0.05, 0.1) is 17.5 Å². The Morgan fingerprint density at radius 3 is 2.33 bits per heavy atom. The number of fused-ring (bicyclic) bond motifs is 1. The SMILES string of the molecule is CC(C)c1c(Cl)nc(Cc2nc3ccccc3[nH]2)nc1Cl. The van der Waals surface area contributed by atoms with Gasteiger partial charge in [0.15, 0.2) is 0 Å². The predicted octanol–water partition coefficient (Wildman–Crippen LogP) is 4.37. The van der Waals surface area contributed by atoms with E-state index in [9.17, 15) is 0 Å². The zero-order valence-corrected chi connectivity index (χ0v) is 13.2. The quantitative estimate of drug-likeness (QED) is 0.729. The molecular weight excluding hydrogens is 307 g/mol. The lowest BCUT2D eigenvalue weighted by molar-refractivity contribution is 0.824. The van der Waals surface area contributed by atoms with Crippen LogP contribution in [0.25, 0.3) is 11.0 Å². The molecule has 1 N–H and O–H groups in total. The smallest absolute Gasteiger partial charge is 0.139 e. The van der Waals surface area contributed by atoms with Gasteiger partial charge in [-0.25, -0.2) is 15.0 Å². The van der Waals surface area contributed by atoms with Crippen molar-refractivity contribution >= 4 is 34.2 Å². The highest BCUT2D eigenvalue weighted by molar-refractivity contribution is 6.34. The molecule has 108 valence electrons. The molecule has 0 atom stereocenters. The van der Waals surface area contributed by atoms with E-state index >= 15 is 0 Å². The Morgan fingerprint density at radius 2 is 1.71 bits per heavy atom. The number of benzene rings is 1. The average Bonchev–Trinajstić information content (AvgIpc) is 2.79. The van der Waals surface area contributed by atoms with E-state index in [1.54, 1.807) is 0 Å². The fourth-order valence-electron chi connectivity index (χ4n) is 2.25. The molecule has 1 aromatic carbocycles. The molecule has 3 rings (SSSR count). The van der Waals surface area contributed by atoms with Crippen molar-refractivity contribution < 1.29 is 0 Å². The number of nitrogens with zero attached hydrogens (tertiary/aromatic N) is 3. The van der Waals surface area contributed by atoms with Gasteiger partial charge in [-0.15, -0.1) is 0 Å². The third-order valence-electron chi connectivity index (χ3n) is 3.24. The van der Waals surface area contributed by atoms with Crippen molar-refractivity contribution in [3.63, 3.8) is 0 Å². The second-order valence-electron chi connectivity index (χ2n) is 5.17. The number of rotatable bonds is 3. The molecule has 21 heavy (non-hydrogen) atoms. The Kier molecular flexibility index (Phi) is 3.83. The van der Waals surface area contributed by atoms with Crippen molar-refractivity contribution in [1.29, 1.82) is 0 Å². The van der Waals surface area contributed by atoms with E-state index in [2.05, 4.69) is 19.9 Å². The molecule has 6 heteroatoms. The standard InChI is InChI=1S/C15H14Cl2N4/c1-8(2)13-14(16)20-12(21-15(13)17)7-11-18-9-5-3-4-6-10(9)19-11/h3-6,8H,7H2,1-2H3,(H,18,19). The number of H-pyrrole nitrogens is 1. The molecule has 2 aromatic heterocycles. The molecule has 0 amide bonds. The second-order valence-corrected chi connectivity index (χ2v) is 5.88. The van der Waals surface area contributed by atoms with Gasteiger partial charge in [-0.2, -0.15) is 0 Å². The number of aromatic amines is 1. The van der Waals surface area contributed by atoms with Crippen LogP contribution in [0, 0.1) is 0 Å². The third kappa shape index (κ3) is 2.87. The lowest BCUT2D eigenvalue weighted by atomic mass is 10.1. The molecule has 0 fully saturated rings. The van der Waals surface area contributed by atoms with Gasteiger partial charge in [0.25, 0.3) is 0 Å². The van der Waals surface area contributed by atoms with Crippen LogP contribution >= 0.6 is 23.2 Å². The van der Waals surface area contributed by atoms with E-state index in [1.807, 2.05) is 38.1 Å². The minimum atomic E-state index is 0.185. The molecule has 0 aliphatic heterocycles. The maximum atomic E-state index is 6.21. The van der Waals surface area contributed by atoms with E-state index in [4.69, 9.17) is 23.2 Å². The molecular formula is C15H14Cl2N4. The summed E-state index contributed by atoms with van der Waals surface area (Å²) in [7, 11) is 0. The Labute approximate surface area is 132 Å². The highest BCUT2D eigenvalue weighted by atomic mass is 35.5. The minimum Gasteiger partial charge on any atom is -0.342 e. The normalized spacial score (nSPS) is 11.5. The van der Waals surface area contributed by atoms with Crippen LogP contribution in [0.2, 0.25) is 10.3 Å². The summed E-state index contributed by atoms with van der Waals surface area (Å²) in [4.78, 5) is 16.4. The van der Waals surface area contributed by atoms with Crippen LogP contribution in [0.5, 0.6) is 0 Å². The fourth-order valence-corrected chi connectivity index (χ4v) is 3.11. The third-order valence-corrected chi connectivity index (χ3v) is 3.82. The maximum Gasteiger partial charge on any atom is 0.139 e. The highest BCUT2D eigenvalue weighted by Gasteiger charge is 2.15. The molecule has 0 unspecified atom stereocenters. The summed E-state index contributed by atoms with van der Waals surface area (Å²) in [6.07, 6.45) is 0.465. The zero-order valence-electron chi connectivity index (χ0n) is 11.7. The van der Waals surface area contributed by atoms with E-state index in [0.717, 1.165) is 22.4 Å². The van der Waals surface area contributed by atoms with Gasteiger partial charge in [0.1, 0.15) is 22.0 Å². The molecule has 4 nitrogen and oxygen atoms in total. The summed E-state index contributed by atoms with van der Waals surface area (Å²) in [6, 6.07) is 7.85. The molecule has 3 aromatic rings. The first-order valence-corrected chi connectivity index (χ1v) is 7.45. The van der Waals surface area contributed by atoms with Gasteiger partial charge < -0.3 is 4.98 Å². The first kappa shape index (κ1) is 14.3. The summed E-state index contributed by atoms with van der Waals surface area (Å²) in [5.41, 5.74) is 2.69. The molecule has 0 aliphatic carbocycles. The minimum absolute atomic E-state index is 0.185. The van der Waals surface area contributed by atoms with Crippen molar-refractivity contribution in [1.82, 2.24) is 19.9 Å². The summed E-state index contributed by atoms with van der Waals surface area (Å²) < 4.78 is 0. The molecule has 0 spiro atoms. The van der Waals surface area contributed by atoms with Crippen LogP contribution in [0.4, 0.5) is 0 Å². The first-order valence-electron chi connectivity index (χ1n) is 6.70. The summed E-state index contributed by atoms with van der Waals surface area (Å²) >= 11 is 12.4. The number of halogens is 2. The fraction of sp³-hybridized carbons (Fsp3) is 0.267. The van der Waals surface area contributed by atoms with Gasteiger partial charge in [0, 0.05) is 5.56 Å². The van der Waals surface area contributed by atoms with Gasteiger partial charge in [0.2, 0.25) is 0 Å². The number of nitrogens with one attached hydrogen (secondary N) is 1. The molecule has 0 aliphatic rings. The van der Waals surface area contributed by atoms with Crippen molar-refractivity contribution in [2.45, 2.75) is 26.2 Å². The number of hydrogen-bond acceptors (Lipinski definition) is 3. The topological polar surface area (TPSA) is 54.5 Å². The van der Waals surface area contributed by atoms with E-state index in [-0.39, 0.29) is 5.92 Å². The van der Waals surface area contributed by atoms with Gasteiger partial charge in [-0.3, -0.25) is 0 Å². The molecule has 0 saturated heterocycles. The predicted molar refractivity (Wildman–Crippen MR) is 85.0 cm³/mol. The molecule has 0 bridgehead atoms. The number of aromatic nitrogens is 4. The Bertz CT molecular complexity index is 739. The monoisotopic (exact) mass is 320 g/mol. The van der Waals surface area contributed by atoms with Crippen LogP contribution in [-0.2, 0) is 6.42 Å². The first-order chi connectivity index (χ1) is 10.0. The lowest BCUT2D eigenvalue weighted by Crippen LogP contribution is -2.03. The Balaban J connectivity index is 1.94. The van der Waals surface area contributed by atoms with Gasteiger partial charge in [-0.1, -0.05) is 49.2 Å². The van der Waals surface area contributed by atoms with Crippen LogP contribution < -0.4 is 0 Å². The highest BCUT2D eigenvalue weighted by Crippen LogP contribution is 2.28. The zero-order chi connectivity index (χ0) is 15.0. The summed E-state index contributed by atoms with van der Waals surface area (Å²) in [5.74, 6) is 1.54. The number of para-hydroxylation sites is 2. The summed E-state index contributed by atoms with van der Waals surface area (Å²) in [5, 5.41) is 0.826. The van der Waals surface area contributed by atoms with Crippen LogP contribution in [0.1, 0.15) is 37.0 Å². The largest absolute Gasteiger partial charge is 0.342 e. The van der Waals surface area contributed by atoms with Crippen LogP contribution in [-0.4, -0.2) is 19.9 Å². The average molecular weight is 321 g/mol. The van der Waals surface area contributed by atoms with E-state index in [0.29, 0.717) is 22.6 Å². The molecule has 0 radical (unpaired) electrons. The van der Waals surface area contributed by atoms with Gasteiger partial charge in [-0.05, 0) is 18.1 Å². The summed E-state index contributed by atoms with van der Waals surface area (Å²) in [6.45, 7) is 4.02. The Hall–Kier alpha value is -1.65. The lowest BCUT2D eigenvalue weighted by Gasteiger charge is -2.10. The molecule has 0 saturated carbocycles. The molecule has 2 heterocycles. The number of imidazole rings is 1. The van der Waals surface area contributed by atoms with Crippen molar-refractivity contribution in [3.8, 4) is 0 Å². The Morgan fingerprint density at radius 1 is 1.05 bits per heavy atom. The van der Waals surface area contributed by atoms with Gasteiger partial charge >= 0.3 is 0 Å². The van der Waals surface area contributed by atoms with E-state index in [1.165, 1.54) is 0 Å².